The van der Waals surface area contributed by atoms with Gasteiger partial charge in [-0.15, -0.1) is 0 Å². The summed E-state index contributed by atoms with van der Waals surface area (Å²) in [5.41, 5.74) is 0.542. The molecular formula is C20H19ClF2N4O2. The Hall–Kier alpha value is -3.00. The normalized spacial score (nSPS) is 12.2. The molecule has 9 heteroatoms. The van der Waals surface area contributed by atoms with Gasteiger partial charge in [-0.25, -0.2) is 13.8 Å². The maximum atomic E-state index is 13.8. The molecule has 0 bridgehead atoms. The first kappa shape index (κ1) is 20.7. The van der Waals surface area contributed by atoms with Gasteiger partial charge in [0, 0.05) is 12.4 Å². The van der Waals surface area contributed by atoms with Crippen LogP contribution in [0.1, 0.15) is 29.9 Å². The van der Waals surface area contributed by atoms with Crippen molar-refractivity contribution in [1.82, 2.24) is 20.0 Å². The van der Waals surface area contributed by atoms with Crippen LogP contribution in [0, 0.1) is 17.6 Å². The van der Waals surface area contributed by atoms with Gasteiger partial charge in [0.2, 0.25) is 5.91 Å². The number of hydrogen-bond acceptors (Lipinski definition) is 3. The summed E-state index contributed by atoms with van der Waals surface area (Å²) < 4.78 is 29.4. The zero-order valence-electron chi connectivity index (χ0n) is 15.7. The molecule has 1 aromatic carbocycles. The zero-order chi connectivity index (χ0) is 21.1. The van der Waals surface area contributed by atoms with Crippen LogP contribution in [0.15, 0.2) is 42.7 Å². The number of imidazole rings is 1. The SMILES string of the molecule is CC(C)[C@H](NC(=O)c1c(F)cccc1F)C(=O)NCc1cn2cc(Cl)ccc2n1. The minimum atomic E-state index is -0.992. The molecule has 0 unspecified atom stereocenters. The number of aromatic nitrogens is 2. The third kappa shape index (κ3) is 4.71. The Morgan fingerprint density at radius 3 is 2.48 bits per heavy atom. The number of carbonyl (C=O) groups is 2. The lowest BCUT2D eigenvalue weighted by atomic mass is 10.0. The van der Waals surface area contributed by atoms with Crippen molar-refractivity contribution in [3.8, 4) is 0 Å². The number of halogens is 3. The first-order chi connectivity index (χ1) is 13.8. The van der Waals surface area contributed by atoms with Crippen molar-refractivity contribution in [1.29, 1.82) is 0 Å². The van der Waals surface area contributed by atoms with Crippen LogP contribution in [0.5, 0.6) is 0 Å². The average Bonchev–Trinajstić information content (AvgIpc) is 3.05. The highest BCUT2D eigenvalue weighted by atomic mass is 35.5. The largest absolute Gasteiger partial charge is 0.349 e. The van der Waals surface area contributed by atoms with Crippen molar-refractivity contribution < 1.29 is 18.4 Å². The lowest BCUT2D eigenvalue weighted by Crippen LogP contribution is -2.49. The summed E-state index contributed by atoms with van der Waals surface area (Å²) in [5, 5.41) is 5.65. The molecule has 152 valence electrons. The van der Waals surface area contributed by atoms with E-state index in [1.54, 1.807) is 42.8 Å². The van der Waals surface area contributed by atoms with Gasteiger partial charge in [0.25, 0.3) is 5.91 Å². The van der Waals surface area contributed by atoms with Crippen LogP contribution in [0.25, 0.3) is 5.65 Å². The zero-order valence-corrected chi connectivity index (χ0v) is 16.5. The number of pyridine rings is 1. The Bertz CT molecular complexity index is 1050. The third-order valence-corrected chi connectivity index (χ3v) is 4.56. The van der Waals surface area contributed by atoms with E-state index in [0.29, 0.717) is 16.4 Å². The first-order valence-corrected chi connectivity index (χ1v) is 9.29. The summed E-state index contributed by atoms with van der Waals surface area (Å²) in [6.45, 7) is 3.55. The molecule has 0 aliphatic carbocycles. The van der Waals surface area contributed by atoms with Crippen molar-refractivity contribution >= 4 is 29.1 Å². The van der Waals surface area contributed by atoms with E-state index >= 15 is 0 Å². The Morgan fingerprint density at radius 1 is 1.14 bits per heavy atom. The predicted molar refractivity (Wildman–Crippen MR) is 104 cm³/mol. The Kier molecular flexibility index (Phi) is 6.12. The molecule has 2 heterocycles. The number of hydrogen-bond donors (Lipinski definition) is 2. The molecule has 0 aliphatic heterocycles. The molecule has 29 heavy (non-hydrogen) atoms. The van der Waals surface area contributed by atoms with E-state index in [4.69, 9.17) is 11.6 Å². The van der Waals surface area contributed by atoms with Crippen LogP contribution < -0.4 is 10.6 Å². The van der Waals surface area contributed by atoms with Gasteiger partial charge in [0.15, 0.2) is 0 Å². The Balaban J connectivity index is 1.69. The van der Waals surface area contributed by atoms with Crippen molar-refractivity contribution in [3.63, 3.8) is 0 Å². The number of amides is 2. The molecule has 0 spiro atoms. The van der Waals surface area contributed by atoms with Gasteiger partial charge >= 0.3 is 0 Å². The van der Waals surface area contributed by atoms with E-state index in [0.717, 1.165) is 18.2 Å². The monoisotopic (exact) mass is 420 g/mol. The summed E-state index contributed by atoms with van der Waals surface area (Å²) in [5.74, 6) is -3.77. The van der Waals surface area contributed by atoms with E-state index in [2.05, 4.69) is 15.6 Å². The quantitative estimate of drug-likeness (QED) is 0.642. The van der Waals surface area contributed by atoms with Crippen molar-refractivity contribution in [2.24, 2.45) is 5.92 Å². The molecule has 2 aromatic heterocycles. The Morgan fingerprint density at radius 2 is 1.83 bits per heavy atom. The fourth-order valence-electron chi connectivity index (χ4n) is 2.85. The Labute approximate surface area is 170 Å². The molecular weight excluding hydrogens is 402 g/mol. The van der Waals surface area contributed by atoms with Crippen LogP contribution in [0.3, 0.4) is 0 Å². The van der Waals surface area contributed by atoms with Crippen LogP contribution >= 0.6 is 11.6 Å². The molecule has 1 atom stereocenters. The highest BCUT2D eigenvalue weighted by Gasteiger charge is 2.27. The average molecular weight is 421 g/mol. The lowest BCUT2D eigenvalue weighted by Gasteiger charge is -2.21. The molecule has 0 radical (unpaired) electrons. The maximum absolute atomic E-state index is 13.8. The van der Waals surface area contributed by atoms with E-state index in [1.807, 2.05) is 0 Å². The summed E-state index contributed by atoms with van der Waals surface area (Å²) in [7, 11) is 0. The number of nitrogens with zero attached hydrogens (tertiary/aromatic N) is 2. The number of nitrogens with one attached hydrogen (secondary N) is 2. The van der Waals surface area contributed by atoms with E-state index in [-0.39, 0.29) is 12.5 Å². The first-order valence-electron chi connectivity index (χ1n) is 8.92. The maximum Gasteiger partial charge on any atom is 0.257 e. The molecule has 6 nitrogen and oxygen atoms in total. The summed E-state index contributed by atoms with van der Waals surface area (Å²) in [6.07, 6.45) is 3.41. The van der Waals surface area contributed by atoms with E-state index in [9.17, 15) is 18.4 Å². The molecule has 2 N–H and O–H groups in total. The minimum absolute atomic E-state index is 0.116. The minimum Gasteiger partial charge on any atom is -0.349 e. The van der Waals surface area contributed by atoms with E-state index in [1.165, 1.54) is 0 Å². The lowest BCUT2D eigenvalue weighted by molar-refractivity contribution is -0.124. The van der Waals surface area contributed by atoms with Gasteiger partial charge in [0.05, 0.1) is 17.3 Å². The van der Waals surface area contributed by atoms with Gasteiger partial charge in [-0.2, -0.15) is 0 Å². The molecule has 0 aliphatic rings. The van der Waals surface area contributed by atoms with Crippen LogP contribution in [0.2, 0.25) is 5.02 Å². The number of fused-ring (bicyclic) bond motifs is 1. The second-order valence-corrected chi connectivity index (χ2v) is 7.29. The topological polar surface area (TPSA) is 75.5 Å². The van der Waals surface area contributed by atoms with Crippen LogP contribution in [0.4, 0.5) is 8.78 Å². The molecule has 3 aromatic rings. The van der Waals surface area contributed by atoms with Crippen LogP contribution in [-0.2, 0) is 11.3 Å². The second-order valence-electron chi connectivity index (χ2n) is 6.85. The van der Waals surface area contributed by atoms with Crippen molar-refractivity contribution in [2.45, 2.75) is 26.4 Å². The number of carbonyl (C=O) groups excluding carboxylic acids is 2. The molecule has 2 amide bonds. The smallest absolute Gasteiger partial charge is 0.257 e. The highest BCUT2D eigenvalue weighted by molar-refractivity contribution is 6.30. The second kappa shape index (κ2) is 8.57. The molecule has 3 rings (SSSR count). The van der Waals surface area contributed by atoms with Crippen molar-refractivity contribution in [2.75, 3.05) is 0 Å². The summed E-state index contributed by atoms with van der Waals surface area (Å²) in [4.78, 5) is 29.3. The fraction of sp³-hybridized carbons (Fsp3) is 0.250. The van der Waals surface area contributed by atoms with Gasteiger partial charge in [-0.3, -0.25) is 9.59 Å². The van der Waals surface area contributed by atoms with Crippen molar-refractivity contribution in [3.05, 3.63) is 70.6 Å². The van der Waals surface area contributed by atoms with Gasteiger partial charge in [-0.05, 0) is 30.2 Å². The van der Waals surface area contributed by atoms with Crippen LogP contribution in [-0.4, -0.2) is 27.2 Å². The van der Waals surface area contributed by atoms with E-state index < -0.39 is 35.1 Å². The molecule has 0 saturated heterocycles. The number of benzene rings is 1. The fourth-order valence-corrected chi connectivity index (χ4v) is 3.02. The number of rotatable bonds is 6. The summed E-state index contributed by atoms with van der Waals surface area (Å²) in [6, 6.07) is 5.60. The van der Waals surface area contributed by atoms with Gasteiger partial charge in [0.1, 0.15) is 28.9 Å². The van der Waals surface area contributed by atoms with Gasteiger partial charge < -0.3 is 15.0 Å². The third-order valence-electron chi connectivity index (χ3n) is 4.33. The molecule has 0 saturated carbocycles. The van der Waals surface area contributed by atoms with Gasteiger partial charge in [-0.1, -0.05) is 31.5 Å². The summed E-state index contributed by atoms with van der Waals surface area (Å²) >= 11 is 5.94. The predicted octanol–water partition coefficient (Wildman–Crippen LogP) is 3.34. The highest BCUT2D eigenvalue weighted by Crippen LogP contribution is 2.14. The molecule has 0 fully saturated rings. The standard InChI is InChI=1S/C20H19ClF2N4O2/c1-11(2)18(26-19(28)17-14(22)4-3-5-15(17)23)20(29)24-8-13-10-27-9-12(21)6-7-16(27)25-13/h3-7,9-11,18H,8H2,1-2H3,(H,24,29)(H,26,28)/t18-/m0/s1.